The first-order chi connectivity index (χ1) is 12.2. The molecular formula is C23H34N2. The van der Waals surface area contributed by atoms with Crippen LogP contribution in [-0.2, 0) is 0 Å². The molecule has 1 aliphatic heterocycles. The lowest BCUT2D eigenvalue weighted by Crippen LogP contribution is -2.59. The normalized spacial score (nSPS) is 58.2. The maximum absolute atomic E-state index is 4.07. The van der Waals surface area contributed by atoms with Gasteiger partial charge in [-0.1, -0.05) is 0 Å². The minimum atomic E-state index is 0.534. The third kappa shape index (κ3) is 1.95. The van der Waals surface area contributed by atoms with E-state index >= 15 is 0 Å². The van der Waals surface area contributed by atoms with Gasteiger partial charge in [-0.05, 0) is 113 Å². The zero-order valence-corrected chi connectivity index (χ0v) is 15.8. The van der Waals surface area contributed by atoms with E-state index in [4.69, 9.17) is 0 Å². The molecule has 25 heavy (non-hydrogen) atoms. The Bertz CT molecular complexity index is 561. The molecule has 0 radical (unpaired) electrons. The van der Waals surface area contributed by atoms with Crippen molar-refractivity contribution in [3.8, 4) is 0 Å². The predicted octanol–water partition coefficient (Wildman–Crippen LogP) is 4.16. The van der Waals surface area contributed by atoms with Crippen LogP contribution >= 0.6 is 0 Å². The monoisotopic (exact) mass is 338 g/mol. The average molecular weight is 339 g/mol. The Morgan fingerprint density at radius 2 is 1.08 bits per heavy atom. The summed E-state index contributed by atoms with van der Waals surface area (Å²) in [6.45, 7) is 2.57. The highest BCUT2D eigenvalue weighted by molar-refractivity contribution is 5.53. The molecular weight excluding hydrogens is 304 g/mol. The summed E-state index contributed by atoms with van der Waals surface area (Å²) in [5.41, 5.74) is 1.07. The molecule has 0 N–H and O–H groups in total. The van der Waals surface area contributed by atoms with Gasteiger partial charge in [-0.2, -0.15) is 0 Å². The third-order valence-electron chi connectivity index (χ3n) is 9.95. The van der Waals surface area contributed by atoms with Crippen LogP contribution in [0.3, 0.4) is 0 Å². The Labute approximate surface area is 153 Å². The molecule has 0 spiro atoms. The van der Waals surface area contributed by atoms with Crippen LogP contribution in [0.5, 0.6) is 0 Å². The first-order valence-corrected chi connectivity index (χ1v) is 11.5. The van der Waals surface area contributed by atoms with Crippen LogP contribution in [0.1, 0.15) is 77.0 Å². The maximum Gasteiger partial charge on any atom is 0.0883 e. The topological polar surface area (TPSA) is 6.25 Å². The van der Waals surface area contributed by atoms with Crippen molar-refractivity contribution < 1.29 is 4.58 Å². The molecule has 2 nitrogen and oxygen atoms in total. The van der Waals surface area contributed by atoms with Crippen LogP contribution in [0, 0.1) is 35.5 Å². The summed E-state index contributed by atoms with van der Waals surface area (Å²) in [5, 5.41) is 0. The smallest absolute Gasteiger partial charge is 0.0883 e. The second kappa shape index (κ2) is 4.65. The number of rotatable bonds is 2. The van der Waals surface area contributed by atoms with Gasteiger partial charge in [-0.25, -0.2) is 0 Å². The summed E-state index contributed by atoms with van der Waals surface area (Å²) >= 11 is 0. The first-order valence-electron chi connectivity index (χ1n) is 11.5. The van der Waals surface area contributed by atoms with Crippen LogP contribution in [0.15, 0.2) is 0 Å². The van der Waals surface area contributed by atoms with Gasteiger partial charge in [0.05, 0.1) is 24.2 Å². The van der Waals surface area contributed by atoms with Crippen molar-refractivity contribution in [2.24, 2.45) is 35.5 Å². The summed E-state index contributed by atoms with van der Waals surface area (Å²) in [6.07, 6.45) is 22.4. The molecule has 9 aliphatic rings. The average Bonchev–Trinajstić information content (AvgIpc) is 3.04. The highest BCUT2D eigenvalue weighted by atomic mass is 15.3. The minimum absolute atomic E-state index is 0.534. The summed E-state index contributed by atoms with van der Waals surface area (Å²) < 4.78 is 2.79. The van der Waals surface area contributed by atoms with Gasteiger partial charge in [0.1, 0.15) is 0 Å². The van der Waals surface area contributed by atoms with Crippen molar-refractivity contribution in [3.05, 3.63) is 0 Å². The summed E-state index contributed by atoms with van der Waals surface area (Å²) in [7, 11) is 0. The van der Waals surface area contributed by atoms with Crippen molar-refractivity contribution in [1.29, 1.82) is 0 Å². The largest absolute Gasteiger partial charge is 0.430 e. The maximum atomic E-state index is 4.07. The molecule has 0 unspecified atom stereocenters. The first kappa shape index (κ1) is 14.5. The van der Waals surface area contributed by atoms with E-state index in [0.29, 0.717) is 11.1 Å². The van der Waals surface area contributed by atoms with Crippen molar-refractivity contribution in [1.82, 2.24) is 4.90 Å². The molecule has 0 aromatic rings. The Balaban J connectivity index is 1.21. The highest BCUT2D eigenvalue weighted by Gasteiger charge is 2.56. The fraction of sp³-hybridized carbons (Fsp3) is 0.957. The predicted molar refractivity (Wildman–Crippen MR) is 98.6 cm³/mol. The molecule has 2 heteroatoms. The molecule has 8 bridgehead atoms. The van der Waals surface area contributed by atoms with Gasteiger partial charge in [0.15, 0.2) is 0 Å². The van der Waals surface area contributed by atoms with Gasteiger partial charge in [-0.3, -0.25) is 0 Å². The molecule has 8 fully saturated rings. The fourth-order valence-corrected chi connectivity index (χ4v) is 9.92. The highest BCUT2D eigenvalue weighted by Crippen LogP contribution is 2.59. The van der Waals surface area contributed by atoms with Gasteiger partial charge < -0.3 is 9.48 Å². The lowest BCUT2D eigenvalue weighted by atomic mass is 9.52. The molecule has 0 atom stereocenters. The molecule has 8 saturated carbocycles. The Morgan fingerprint density at radius 1 is 0.640 bits per heavy atom. The zero-order chi connectivity index (χ0) is 16.2. The van der Waals surface area contributed by atoms with Crippen LogP contribution in [0.2, 0.25) is 0 Å². The number of nitrogens with zero attached hydrogens (tertiary/aromatic N) is 2. The van der Waals surface area contributed by atoms with Gasteiger partial charge in [0, 0.05) is 0 Å². The summed E-state index contributed by atoms with van der Waals surface area (Å²) in [4.78, 5) is 2.79. The lowest BCUT2D eigenvalue weighted by Gasteiger charge is -2.60. The summed E-state index contributed by atoms with van der Waals surface area (Å²) in [5.74, 6) is 6.34. The van der Waals surface area contributed by atoms with Crippen molar-refractivity contribution in [2.75, 3.05) is 13.1 Å². The fourth-order valence-electron chi connectivity index (χ4n) is 9.92. The van der Waals surface area contributed by atoms with Gasteiger partial charge >= 0.3 is 0 Å². The van der Waals surface area contributed by atoms with Crippen molar-refractivity contribution >= 4 is 6.34 Å². The third-order valence-corrected chi connectivity index (χ3v) is 9.95. The summed E-state index contributed by atoms with van der Waals surface area (Å²) in [6, 6.07) is 0. The van der Waals surface area contributed by atoms with E-state index in [1.54, 1.807) is 38.5 Å². The van der Waals surface area contributed by atoms with Crippen LogP contribution in [0.25, 0.3) is 0 Å². The lowest BCUT2D eigenvalue weighted by molar-refractivity contribution is -0.614. The zero-order valence-electron chi connectivity index (χ0n) is 15.8. The van der Waals surface area contributed by atoms with E-state index in [-0.39, 0.29) is 0 Å². The molecule has 0 amide bonds. The van der Waals surface area contributed by atoms with Gasteiger partial charge in [-0.15, -0.1) is 6.34 Å². The molecule has 0 aromatic heterocycles. The second-order valence-corrected chi connectivity index (χ2v) is 11.7. The Hall–Kier alpha value is -0.530. The number of hydrogen-bond acceptors (Lipinski definition) is 1. The van der Waals surface area contributed by atoms with Crippen LogP contribution in [-0.4, -0.2) is 40.0 Å². The second-order valence-electron chi connectivity index (χ2n) is 11.7. The van der Waals surface area contributed by atoms with Crippen LogP contribution < -0.4 is 0 Å². The quantitative estimate of drug-likeness (QED) is 0.541. The molecule has 0 saturated heterocycles. The molecule has 0 aromatic carbocycles. The SMILES string of the molecule is [C-]1=[N+](C23CC4CC(CC(C4)C2)C3)CCN1C12CC3CC(CC(C3)C1)C2. The van der Waals surface area contributed by atoms with Crippen molar-refractivity contribution in [2.45, 2.75) is 88.1 Å². The molecule has 8 aliphatic carbocycles. The van der Waals surface area contributed by atoms with E-state index in [9.17, 15) is 0 Å². The van der Waals surface area contributed by atoms with Gasteiger partial charge in [0.2, 0.25) is 0 Å². The molecule has 136 valence electrons. The minimum Gasteiger partial charge on any atom is -0.430 e. The standard InChI is InChI=1S/C23H34N2/c1-2-25(23-12-19-6-20(13-23)8-21(7-19)14-23)15-24(1)22-9-16-3-17(10-22)5-18(4-16)11-22/h16-21H,1-14H2. The molecule has 9 rings (SSSR count). The molecule has 1 heterocycles. The number of hydrogen-bond donors (Lipinski definition) is 0. The van der Waals surface area contributed by atoms with E-state index in [1.165, 1.54) is 51.6 Å². The van der Waals surface area contributed by atoms with E-state index in [2.05, 4.69) is 15.8 Å². The Morgan fingerprint density at radius 3 is 1.56 bits per heavy atom. The van der Waals surface area contributed by atoms with E-state index in [0.717, 1.165) is 35.5 Å². The van der Waals surface area contributed by atoms with E-state index < -0.39 is 0 Å². The Kier molecular flexibility index (Phi) is 2.70. The van der Waals surface area contributed by atoms with Crippen LogP contribution in [0.4, 0.5) is 0 Å². The van der Waals surface area contributed by atoms with E-state index in [1.807, 2.05) is 0 Å². The van der Waals surface area contributed by atoms with Gasteiger partial charge in [0.25, 0.3) is 0 Å². The van der Waals surface area contributed by atoms with Crippen molar-refractivity contribution in [3.63, 3.8) is 0 Å².